The summed E-state index contributed by atoms with van der Waals surface area (Å²) in [5, 5.41) is 2.33. The van der Waals surface area contributed by atoms with Gasteiger partial charge in [0.05, 0.1) is 45.3 Å². The largest absolute Gasteiger partial charge is 0.445 e. The lowest BCUT2D eigenvalue weighted by molar-refractivity contribution is -0.136. The number of hydrogen-bond acceptors (Lipinski definition) is 8. The van der Waals surface area contributed by atoms with E-state index >= 15 is 0 Å². The molecule has 0 fully saturated rings. The number of carbonyl (C=O) groups is 3. The Hall–Kier alpha value is -4.91. The summed E-state index contributed by atoms with van der Waals surface area (Å²) in [6, 6.07) is 7.24. The highest BCUT2D eigenvalue weighted by molar-refractivity contribution is 5.73. The number of alkyl carbamates (subject to hydrolysis) is 1. The van der Waals surface area contributed by atoms with E-state index in [-0.39, 0.29) is 6.61 Å². The Morgan fingerprint density at radius 1 is 0.562 bits per heavy atom. The van der Waals surface area contributed by atoms with Gasteiger partial charge in [0.15, 0.2) is 0 Å². The number of halogens is 10. The number of amides is 1. The average molecular weight is 701 g/mol. The topological polar surface area (TPSA) is 109 Å². The Morgan fingerprint density at radius 3 is 1.33 bits per heavy atom. The van der Waals surface area contributed by atoms with Crippen molar-refractivity contribution in [2.75, 3.05) is 26.4 Å². The second-order valence-electron chi connectivity index (χ2n) is 9.30. The van der Waals surface area contributed by atoms with Crippen molar-refractivity contribution in [2.24, 2.45) is 0 Å². The summed E-state index contributed by atoms with van der Waals surface area (Å²) in [5.74, 6) is -30.4. The zero-order chi connectivity index (χ0) is 35.5. The lowest BCUT2D eigenvalue weighted by Gasteiger charge is -2.19. The van der Waals surface area contributed by atoms with Gasteiger partial charge in [0, 0.05) is 0 Å². The summed E-state index contributed by atoms with van der Waals surface area (Å²) in [6.45, 7) is -2.30. The van der Waals surface area contributed by atoms with Gasteiger partial charge in [0.1, 0.15) is 6.61 Å². The maximum Gasteiger partial charge on any atom is 0.407 e. The summed E-state index contributed by atoms with van der Waals surface area (Å²) in [5.41, 5.74) is 0.608. The van der Waals surface area contributed by atoms with Gasteiger partial charge in [-0.1, -0.05) is 30.3 Å². The molecule has 0 aliphatic carbocycles. The Labute approximate surface area is 263 Å². The lowest BCUT2D eigenvalue weighted by atomic mass is 10.2. The molecule has 1 N–H and O–H groups in total. The van der Waals surface area contributed by atoms with Gasteiger partial charge in [-0.25, -0.2) is 31.1 Å². The molecule has 9 nitrogen and oxygen atoms in total. The Morgan fingerprint density at radius 2 is 0.938 bits per heavy atom. The van der Waals surface area contributed by atoms with Crippen molar-refractivity contribution in [2.45, 2.75) is 25.5 Å². The summed E-state index contributed by atoms with van der Waals surface area (Å²) in [7, 11) is 0. The molecule has 0 atom stereocenters. The first-order valence-corrected chi connectivity index (χ1v) is 13.3. The number of carbonyl (C=O) groups excluding carboxylic acids is 3. The minimum Gasteiger partial charge on any atom is -0.445 e. The molecule has 0 bridgehead atoms. The lowest BCUT2D eigenvalue weighted by Crippen LogP contribution is -2.42. The fourth-order valence-electron chi connectivity index (χ4n) is 3.50. The third kappa shape index (κ3) is 9.80. The van der Waals surface area contributed by atoms with E-state index in [0.717, 1.165) is 0 Å². The summed E-state index contributed by atoms with van der Waals surface area (Å²) in [4.78, 5) is 36.1. The SMILES string of the molecule is O=C(CCOCC(COCCC(=O)Oc1c(F)c(F)c(F)c(F)c1F)NC(=O)OCc1ccccc1)Oc1c(F)c(F)c(F)c(F)c1F. The smallest absolute Gasteiger partial charge is 0.407 e. The van der Waals surface area contributed by atoms with Gasteiger partial charge in [-0.2, -0.15) is 17.6 Å². The molecule has 3 aromatic rings. The molecular weight excluding hydrogens is 680 g/mol. The van der Waals surface area contributed by atoms with Gasteiger partial charge in [-0.3, -0.25) is 9.59 Å². The number of rotatable bonds is 15. The van der Waals surface area contributed by atoms with E-state index in [2.05, 4.69) is 14.8 Å². The first-order chi connectivity index (χ1) is 22.7. The van der Waals surface area contributed by atoms with Crippen LogP contribution in [0, 0.1) is 58.2 Å². The molecule has 0 heterocycles. The monoisotopic (exact) mass is 701 g/mol. The number of nitrogens with one attached hydrogen (secondary N) is 1. The normalized spacial score (nSPS) is 11.1. The van der Waals surface area contributed by atoms with Crippen molar-refractivity contribution in [3.05, 3.63) is 94.1 Å². The van der Waals surface area contributed by atoms with Gasteiger partial charge in [0.2, 0.25) is 69.7 Å². The van der Waals surface area contributed by atoms with Gasteiger partial charge in [0.25, 0.3) is 0 Å². The quantitative estimate of drug-likeness (QED) is 0.0538. The van der Waals surface area contributed by atoms with E-state index in [9.17, 15) is 58.3 Å². The molecule has 3 rings (SSSR count). The van der Waals surface area contributed by atoms with E-state index < -0.39 is 133 Å². The Balaban J connectivity index is 1.53. The predicted octanol–water partition coefficient (Wildman–Crippen LogP) is 5.70. The fraction of sp³-hybridized carbons (Fsp3) is 0.276. The highest BCUT2D eigenvalue weighted by Gasteiger charge is 2.30. The predicted molar refractivity (Wildman–Crippen MR) is 138 cm³/mol. The zero-order valence-corrected chi connectivity index (χ0v) is 24.0. The minimum atomic E-state index is -2.46. The summed E-state index contributed by atoms with van der Waals surface area (Å²) >= 11 is 0. The third-order valence-corrected chi connectivity index (χ3v) is 5.84. The van der Waals surface area contributed by atoms with Crippen LogP contribution < -0.4 is 14.8 Å². The van der Waals surface area contributed by atoms with Crippen LogP contribution in [-0.2, 0) is 30.4 Å². The first-order valence-electron chi connectivity index (χ1n) is 13.3. The molecule has 0 spiro atoms. The van der Waals surface area contributed by atoms with Crippen LogP contribution in [0.2, 0.25) is 0 Å². The Kier molecular flexibility index (Phi) is 13.5. The molecule has 0 unspecified atom stereocenters. The third-order valence-electron chi connectivity index (χ3n) is 5.84. The molecule has 19 heteroatoms. The molecule has 0 aliphatic rings. The molecule has 0 saturated carbocycles. The maximum absolute atomic E-state index is 13.7. The van der Waals surface area contributed by atoms with Crippen molar-refractivity contribution >= 4 is 18.0 Å². The van der Waals surface area contributed by atoms with Crippen LogP contribution in [0.4, 0.5) is 48.7 Å². The maximum atomic E-state index is 13.7. The van der Waals surface area contributed by atoms with Crippen molar-refractivity contribution in [3.63, 3.8) is 0 Å². The highest BCUT2D eigenvalue weighted by atomic mass is 19.2. The molecule has 0 aromatic heterocycles. The van der Waals surface area contributed by atoms with Crippen LogP contribution >= 0.6 is 0 Å². The molecule has 3 aromatic carbocycles. The van der Waals surface area contributed by atoms with Crippen molar-refractivity contribution in [1.29, 1.82) is 0 Å². The molecule has 0 saturated heterocycles. The van der Waals surface area contributed by atoms with Gasteiger partial charge in [-0.15, -0.1) is 0 Å². The molecule has 0 radical (unpaired) electrons. The summed E-state index contributed by atoms with van der Waals surface area (Å²) in [6.07, 6.45) is -2.57. The van der Waals surface area contributed by atoms with E-state index in [1.807, 2.05) is 0 Å². The average Bonchev–Trinajstić information content (AvgIpc) is 3.08. The second kappa shape index (κ2) is 17.3. The Bertz CT molecular complexity index is 1490. The molecule has 48 heavy (non-hydrogen) atoms. The number of ether oxygens (including phenoxy) is 5. The number of esters is 2. The fourth-order valence-corrected chi connectivity index (χ4v) is 3.50. The van der Waals surface area contributed by atoms with Gasteiger partial charge in [-0.05, 0) is 5.56 Å². The number of benzene rings is 3. The van der Waals surface area contributed by atoms with Crippen LogP contribution in [0.25, 0.3) is 0 Å². The highest BCUT2D eigenvalue weighted by Crippen LogP contribution is 2.30. The molecule has 260 valence electrons. The van der Waals surface area contributed by atoms with Gasteiger partial charge >= 0.3 is 18.0 Å². The van der Waals surface area contributed by atoms with Crippen molar-refractivity contribution in [3.8, 4) is 11.5 Å². The van der Waals surface area contributed by atoms with Crippen molar-refractivity contribution in [1.82, 2.24) is 5.32 Å². The van der Waals surface area contributed by atoms with Gasteiger partial charge < -0.3 is 29.0 Å². The molecular formula is C29H21F10NO8. The number of hydrogen-bond donors (Lipinski definition) is 1. The molecule has 0 aliphatic heterocycles. The van der Waals surface area contributed by atoms with Crippen LogP contribution in [-0.4, -0.2) is 50.5 Å². The van der Waals surface area contributed by atoms with E-state index in [1.165, 1.54) is 0 Å². The van der Waals surface area contributed by atoms with E-state index in [4.69, 9.17) is 14.2 Å². The van der Waals surface area contributed by atoms with Crippen LogP contribution in [0.1, 0.15) is 18.4 Å². The summed E-state index contributed by atoms with van der Waals surface area (Å²) < 4.78 is 158. The van der Waals surface area contributed by atoms with Crippen LogP contribution in [0.3, 0.4) is 0 Å². The standard InChI is InChI=1S/C29H21F10NO8/c30-17-19(32)23(36)27(24(37)20(17)33)47-15(41)6-8-44-11-14(40-29(43)46-10-13-4-2-1-3-5-13)12-45-9-7-16(42)48-28-25(38)21(34)18(31)22(35)26(28)39/h1-5,14H,6-12H2,(H,40,43). The van der Waals surface area contributed by atoms with Crippen LogP contribution in [0.15, 0.2) is 30.3 Å². The first kappa shape index (κ1) is 37.5. The minimum absolute atomic E-state index is 0.172. The van der Waals surface area contributed by atoms with E-state index in [0.29, 0.717) is 5.56 Å². The van der Waals surface area contributed by atoms with Crippen molar-refractivity contribution < 1.29 is 82.0 Å². The zero-order valence-electron chi connectivity index (χ0n) is 24.0. The van der Waals surface area contributed by atoms with Crippen LogP contribution in [0.5, 0.6) is 11.5 Å². The van der Waals surface area contributed by atoms with E-state index in [1.54, 1.807) is 30.3 Å². The second-order valence-corrected chi connectivity index (χ2v) is 9.30. The molecule has 1 amide bonds.